The van der Waals surface area contributed by atoms with Gasteiger partial charge in [-0.2, -0.15) is 0 Å². The number of nitrogens with zero attached hydrogens (tertiary/aromatic N) is 2. The van der Waals surface area contributed by atoms with E-state index in [-0.39, 0.29) is 4.90 Å². The fourth-order valence-electron chi connectivity index (χ4n) is 3.44. The Morgan fingerprint density at radius 2 is 1.96 bits per heavy atom. The van der Waals surface area contributed by atoms with Crippen LogP contribution in [0.5, 0.6) is 0 Å². The third-order valence-electron chi connectivity index (χ3n) is 5.18. The Bertz CT molecular complexity index is 863. The molecule has 1 aliphatic rings. The average Bonchev–Trinajstić information content (AvgIpc) is 2.64. The lowest BCUT2D eigenvalue weighted by Crippen LogP contribution is -2.39. The van der Waals surface area contributed by atoms with Crippen molar-refractivity contribution in [2.24, 2.45) is 0 Å². The highest BCUT2D eigenvalue weighted by Crippen LogP contribution is 2.26. The van der Waals surface area contributed by atoms with Crippen molar-refractivity contribution < 1.29 is 8.42 Å². The maximum absolute atomic E-state index is 12.6. The number of benzene rings is 1. The predicted octanol–water partition coefficient (Wildman–Crippen LogP) is 4.27. The molecule has 0 aliphatic carbocycles. The molecule has 1 saturated heterocycles. The summed E-state index contributed by atoms with van der Waals surface area (Å²) in [6, 6.07) is 9.38. The number of hydrogen-bond donors (Lipinski definition) is 1. The molecule has 0 amide bonds. The Kier molecular flexibility index (Phi) is 5.51. The van der Waals surface area contributed by atoms with Crippen LogP contribution < -0.4 is 9.62 Å². The Hall–Kier alpha value is -2.08. The molecule has 6 heteroatoms. The summed E-state index contributed by atoms with van der Waals surface area (Å²) in [5, 5.41) is 0. The topological polar surface area (TPSA) is 62.3 Å². The van der Waals surface area contributed by atoms with Crippen molar-refractivity contribution in [3.63, 3.8) is 0 Å². The van der Waals surface area contributed by atoms with E-state index in [1.165, 1.54) is 19.3 Å². The van der Waals surface area contributed by atoms with Crippen LogP contribution in [0.1, 0.15) is 43.7 Å². The van der Waals surface area contributed by atoms with Gasteiger partial charge in [-0.3, -0.25) is 4.72 Å². The minimum Gasteiger partial charge on any atom is -0.354 e. The van der Waals surface area contributed by atoms with Gasteiger partial charge in [0, 0.05) is 12.6 Å². The van der Waals surface area contributed by atoms with Crippen LogP contribution in [0.15, 0.2) is 41.4 Å². The first-order valence-corrected chi connectivity index (χ1v) is 10.7. The van der Waals surface area contributed by atoms with Gasteiger partial charge in [0.1, 0.15) is 5.82 Å². The van der Waals surface area contributed by atoms with Crippen molar-refractivity contribution >= 4 is 21.5 Å². The molecular weight excluding hydrogens is 346 g/mol. The monoisotopic (exact) mass is 373 g/mol. The summed E-state index contributed by atoms with van der Waals surface area (Å²) >= 11 is 0. The van der Waals surface area contributed by atoms with Gasteiger partial charge in [0.25, 0.3) is 10.0 Å². The van der Waals surface area contributed by atoms with Gasteiger partial charge >= 0.3 is 0 Å². The fourth-order valence-corrected chi connectivity index (χ4v) is 4.57. The molecule has 2 aromatic rings. The zero-order valence-electron chi connectivity index (χ0n) is 15.7. The van der Waals surface area contributed by atoms with Gasteiger partial charge in [-0.1, -0.05) is 13.0 Å². The third-order valence-corrected chi connectivity index (χ3v) is 6.56. The lowest BCUT2D eigenvalue weighted by molar-refractivity contribution is 0.447. The maximum Gasteiger partial charge on any atom is 0.261 e. The van der Waals surface area contributed by atoms with Crippen molar-refractivity contribution in [2.75, 3.05) is 16.2 Å². The van der Waals surface area contributed by atoms with E-state index in [2.05, 4.69) is 21.5 Å². The van der Waals surface area contributed by atoms with Crippen molar-refractivity contribution in [3.8, 4) is 0 Å². The number of rotatable bonds is 5. The number of nitrogens with one attached hydrogen (secondary N) is 1. The molecule has 1 aromatic carbocycles. The van der Waals surface area contributed by atoms with Crippen LogP contribution in [0.2, 0.25) is 0 Å². The van der Waals surface area contributed by atoms with E-state index in [4.69, 9.17) is 0 Å². The Morgan fingerprint density at radius 1 is 1.15 bits per heavy atom. The molecule has 26 heavy (non-hydrogen) atoms. The van der Waals surface area contributed by atoms with E-state index in [1.807, 2.05) is 26.0 Å². The molecule has 5 nitrogen and oxygen atoms in total. The normalized spacial score (nSPS) is 18.0. The summed E-state index contributed by atoms with van der Waals surface area (Å²) in [5.74, 6) is 0.922. The summed E-state index contributed by atoms with van der Waals surface area (Å²) in [6.07, 6.45) is 6.35. The van der Waals surface area contributed by atoms with Gasteiger partial charge in [-0.25, -0.2) is 13.4 Å². The molecule has 1 N–H and O–H groups in total. The molecule has 2 heterocycles. The summed E-state index contributed by atoms with van der Waals surface area (Å²) in [6.45, 7) is 7.09. The van der Waals surface area contributed by atoms with E-state index < -0.39 is 10.0 Å². The highest BCUT2D eigenvalue weighted by Gasteiger charge is 2.22. The number of anilines is 2. The molecule has 3 rings (SSSR count). The van der Waals surface area contributed by atoms with Crippen molar-refractivity contribution in [3.05, 3.63) is 47.7 Å². The van der Waals surface area contributed by atoms with Crippen LogP contribution in [0.4, 0.5) is 11.5 Å². The molecular formula is C20H27N3O2S. The number of sulfonamides is 1. The number of aromatic nitrogens is 1. The van der Waals surface area contributed by atoms with Crippen molar-refractivity contribution in [1.82, 2.24) is 4.98 Å². The average molecular weight is 374 g/mol. The van der Waals surface area contributed by atoms with Crippen molar-refractivity contribution in [1.29, 1.82) is 0 Å². The Morgan fingerprint density at radius 3 is 2.62 bits per heavy atom. The number of aryl methyl sites for hydroxylation is 2. The SMILES string of the molecule is CCC1CCCCN1c1ccc(NS(=O)(=O)c2ccc(C)c(C)c2)cn1. The Labute approximate surface area is 156 Å². The minimum atomic E-state index is -3.61. The summed E-state index contributed by atoms with van der Waals surface area (Å²) in [5.41, 5.74) is 2.51. The number of piperidine rings is 1. The zero-order chi connectivity index (χ0) is 18.7. The standard InChI is InChI=1S/C20H27N3O2S/c1-4-18-7-5-6-12-23(18)20-11-9-17(14-21-20)22-26(24,25)19-10-8-15(2)16(3)13-19/h8-11,13-14,18,22H,4-7,12H2,1-3H3. The summed E-state index contributed by atoms with van der Waals surface area (Å²) < 4.78 is 27.8. The lowest BCUT2D eigenvalue weighted by Gasteiger charge is -2.36. The smallest absolute Gasteiger partial charge is 0.261 e. The van der Waals surface area contributed by atoms with E-state index >= 15 is 0 Å². The fraction of sp³-hybridized carbons (Fsp3) is 0.450. The molecule has 140 valence electrons. The number of hydrogen-bond acceptors (Lipinski definition) is 4. The molecule has 0 spiro atoms. The van der Waals surface area contributed by atoms with Crippen LogP contribution in [0, 0.1) is 13.8 Å². The molecule has 1 aromatic heterocycles. The van der Waals surface area contributed by atoms with Gasteiger partial charge in [0.2, 0.25) is 0 Å². The van der Waals surface area contributed by atoms with E-state index in [1.54, 1.807) is 24.4 Å². The zero-order valence-corrected chi connectivity index (χ0v) is 16.5. The van der Waals surface area contributed by atoms with Gasteiger partial charge in [-0.15, -0.1) is 0 Å². The largest absolute Gasteiger partial charge is 0.354 e. The molecule has 0 radical (unpaired) electrons. The second-order valence-electron chi connectivity index (χ2n) is 7.01. The summed E-state index contributed by atoms with van der Waals surface area (Å²) in [7, 11) is -3.61. The van der Waals surface area contributed by atoms with Gasteiger partial charge in [-0.05, 0) is 74.9 Å². The second kappa shape index (κ2) is 7.66. The summed E-state index contributed by atoms with van der Waals surface area (Å²) in [4.78, 5) is 7.12. The molecule has 0 saturated carbocycles. The molecule has 1 unspecified atom stereocenters. The number of pyridine rings is 1. The molecule has 1 fully saturated rings. The first-order valence-electron chi connectivity index (χ1n) is 9.23. The highest BCUT2D eigenvalue weighted by molar-refractivity contribution is 7.92. The molecule has 0 bridgehead atoms. The van der Waals surface area contributed by atoms with E-state index in [0.717, 1.165) is 29.9 Å². The van der Waals surface area contributed by atoms with Crippen LogP contribution in [-0.4, -0.2) is 26.0 Å². The van der Waals surface area contributed by atoms with E-state index in [0.29, 0.717) is 11.7 Å². The Balaban J connectivity index is 1.77. The van der Waals surface area contributed by atoms with Gasteiger partial charge in [0.15, 0.2) is 0 Å². The minimum absolute atomic E-state index is 0.270. The second-order valence-corrected chi connectivity index (χ2v) is 8.69. The van der Waals surface area contributed by atoms with Crippen LogP contribution >= 0.6 is 0 Å². The predicted molar refractivity (Wildman–Crippen MR) is 106 cm³/mol. The van der Waals surface area contributed by atoms with Crippen LogP contribution in [-0.2, 0) is 10.0 Å². The van der Waals surface area contributed by atoms with Gasteiger partial charge < -0.3 is 4.90 Å². The third kappa shape index (κ3) is 4.01. The van der Waals surface area contributed by atoms with E-state index in [9.17, 15) is 8.42 Å². The quantitative estimate of drug-likeness (QED) is 0.850. The van der Waals surface area contributed by atoms with Gasteiger partial charge in [0.05, 0.1) is 16.8 Å². The van der Waals surface area contributed by atoms with Crippen LogP contribution in [0.25, 0.3) is 0 Å². The maximum atomic E-state index is 12.6. The van der Waals surface area contributed by atoms with Crippen LogP contribution in [0.3, 0.4) is 0 Å². The highest BCUT2D eigenvalue weighted by atomic mass is 32.2. The first kappa shape index (κ1) is 18.7. The molecule has 1 aliphatic heterocycles. The lowest BCUT2D eigenvalue weighted by atomic mass is 10.00. The first-order chi connectivity index (χ1) is 12.4. The van der Waals surface area contributed by atoms with Crippen molar-refractivity contribution in [2.45, 2.75) is 57.4 Å². The molecule has 1 atom stereocenters.